The average Bonchev–Trinajstić information content (AvgIpc) is 2.38. The van der Waals surface area contributed by atoms with Crippen molar-refractivity contribution in [1.82, 2.24) is 5.32 Å². The second-order valence-corrected chi connectivity index (χ2v) is 4.38. The Labute approximate surface area is 107 Å². The summed E-state index contributed by atoms with van der Waals surface area (Å²) in [7, 11) is 0. The quantitative estimate of drug-likeness (QED) is 0.813. The first-order valence-electron chi connectivity index (χ1n) is 6.12. The van der Waals surface area contributed by atoms with Crippen LogP contribution >= 0.6 is 0 Å². The molecule has 0 unspecified atom stereocenters. The third kappa shape index (κ3) is 3.58. The van der Waals surface area contributed by atoms with Crippen molar-refractivity contribution < 1.29 is 14.7 Å². The van der Waals surface area contributed by atoms with Gasteiger partial charge in [0.2, 0.25) is 0 Å². The van der Waals surface area contributed by atoms with Gasteiger partial charge in [-0.05, 0) is 25.0 Å². The average molecular weight is 249 g/mol. The van der Waals surface area contributed by atoms with Gasteiger partial charge in [-0.1, -0.05) is 32.0 Å². The van der Waals surface area contributed by atoms with Gasteiger partial charge in [0, 0.05) is 5.56 Å². The third-order valence-corrected chi connectivity index (χ3v) is 3.26. The van der Waals surface area contributed by atoms with E-state index < -0.39 is 11.5 Å². The van der Waals surface area contributed by atoms with Gasteiger partial charge < -0.3 is 10.4 Å². The van der Waals surface area contributed by atoms with Gasteiger partial charge in [-0.15, -0.1) is 0 Å². The number of hydrogen-bond acceptors (Lipinski definition) is 2. The Kier molecular flexibility index (Phi) is 4.89. The molecule has 0 atom stereocenters. The van der Waals surface area contributed by atoms with E-state index in [1.165, 1.54) is 0 Å². The molecule has 0 aliphatic rings. The Hall–Kier alpha value is -1.84. The Morgan fingerprint density at radius 1 is 1.17 bits per heavy atom. The molecule has 2 N–H and O–H groups in total. The minimum atomic E-state index is -0.896. The zero-order valence-electron chi connectivity index (χ0n) is 10.8. The summed E-state index contributed by atoms with van der Waals surface area (Å²) in [6, 6.07) is 8.83. The molecule has 0 saturated heterocycles. The van der Waals surface area contributed by atoms with Crippen LogP contribution in [0.2, 0.25) is 0 Å². The first kappa shape index (κ1) is 14.2. The van der Waals surface area contributed by atoms with Crippen LogP contribution in [0.4, 0.5) is 0 Å². The number of aliphatic carboxylic acids is 1. The predicted octanol–water partition coefficient (Wildman–Crippen LogP) is 2.45. The molecule has 98 valence electrons. The highest BCUT2D eigenvalue weighted by Gasteiger charge is 2.31. The zero-order chi connectivity index (χ0) is 13.6. The standard InChI is InChI=1S/C14H19NO3/c1-3-14(4-2,10-12(16)17)15-13(18)11-8-6-5-7-9-11/h5-9H,3-4,10H2,1-2H3,(H,15,18)(H,16,17). The normalized spacial score (nSPS) is 11.0. The summed E-state index contributed by atoms with van der Waals surface area (Å²) >= 11 is 0. The smallest absolute Gasteiger partial charge is 0.305 e. The molecule has 1 aromatic rings. The molecule has 0 aliphatic carbocycles. The highest BCUT2D eigenvalue weighted by Crippen LogP contribution is 2.20. The molecule has 0 saturated carbocycles. The molecule has 0 aliphatic heterocycles. The fourth-order valence-corrected chi connectivity index (χ4v) is 1.91. The topological polar surface area (TPSA) is 66.4 Å². The number of carboxylic acids is 1. The van der Waals surface area contributed by atoms with Crippen LogP contribution in [0.15, 0.2) is 30.3 Å². The number of carboxylic acid groups (broad SMARTS) is 1. The third-order valence-electron chi connectivity index (χ3n) is 3.26. The van der Waals surface area contributed by atoms with E-state index in [0.717, 1.165) is 0 Å². The Bertz CT molecular complexity index is 410. The lowest BCUT2D eigenvalue weighted by Gasteiger charge is -2.31. The predicted molar refractivity (Wildman–Crippen MR) is 69.5 cm³/mol. The van der Waals surface area contributed by atoms with Crippen LogP contribution in [-0.4, -0.2) is 22.5 Å². The molecule has 0 spiro atoms. The summed E-state index contributed by atoms with van der Waals surface area (Å²) in [5, 5.41) is 11.8. The van der Waals surface area contributed by atoms with Crippen molar-refractivity contribution in [3.8, 4) is 0 Å². The van der Waals surface area contributed by atoms with Crippen molar-refractivity contribution in [3.63, 3.8) is 0 Å². The first-order chi connectivity index (χ1) is 8.53. The molecule has 4 heteroatoms. The van der Waals surface area contributed by atoms with Gasteiger partial charge in [-0.25, -0.2) is 0 Å². The van der Waals surface area contributed by atoms with E-state index in [2.05, 4.69) is 5.32 Å². The second-order valence-electron chi connectivity index (χ2n) is 4.38. The maximum absolute atomic E-state index is 12.1. The molecule has 0 bridgehead atoms. The summed E-state index contributed by atoms with van der Waals surface area (Å²) < 4.78 is 0. The van der Waals surface area contributed by atoms with Crippen molar-refractivity contribution in [3.05, 3.63) is 35.9 Å². The number of nitrogens with one attached hydrogen (secondary N) is 1. The number of hydrogen-bond donors (Lipinski definition) is 2. The summed E-state index contributed by atoms with van der Waals surface area (Å²) in [5.74, 6) is -1.12. The van der Waals surface area contributed by atoms with Crippen LogP contribution in [0.1, 0.15) is 43.5 Å². The molecule has 4 nitrogen and oxygen atoms in total. The fourth-order valence-electron chi connectivity index (χ4n) is 1.91. The molecule has 0 heterocycles. The van der Waals surface area contributed by atoms with E-state index in [4.69, 9.17) is 5.11 Å². The monoisotopic (exact) mass is 249 g/mol. The van der Waals surface area contributed by atoms with Gasteiger partial charge in [-0.2, -0.15) is 0 Å². The van der Waals surface area contributed by atoms with Crippen molar-refractivity contribution in [2.75, 3.05) is 0 Å². The molecule has 0 aromatic heterocycles. The Balaban J connectivity index is 2.84. The van der Waals surface area contributed by atoms with Gasteiger partial charge in [0.15, 0.2) is 0 Å². The number of carbonyl (C=O) groups is 2. The van der Waals surface area contributed by atoms with Crippen LogP contribution in [0, 0.1) is 0 Å². The van der Waals surface area contributed by atoms with Crippen LogP contribution < -0.4 is 5.32 Å². The van der Waals surface area contributed by atoms with Crippen molar-refractivity contribution in [2.45, 2.75) is 38.6 Å². The highest BCUT2D eigenvalue weighted by atomic mass is 16.4. The molecule has 0 fully saturated rings. The van der Waals surface area contributed by atoms with Crippen LogP contribution in [0.5, 0.6) is 0 Å². The number of rotatable bonds is 6. The molecule has 18 heavy (non-hydrogen) atoms. The minimum absolute atomic E-state index is 0.0570. The maximum Gasteiger partial charge on any atom is 0.305 e. The van der Waals surface area contributed by atoms with E-state index in [0.29, 0.717) is 18.4 Å². The second kappa shape index (κ2) is 6.19. The highest BCUT2D eigenvalue weighted by molar-refractivity contribution is 5.94. The molecular formula is C14H19NO3. The van der Waals surface area contributed by atoms with E-state index in [1.54, 1.807) is 24.3 Å². The summed E-state index contributed by atoms with van der Waals surface area (Å²) in [6.07, 6.45) is 1.13. The molecule has 1 aromatic carbocycles. The van der Waals surface area contributed by atoms with Gasteiger partial charge in [0.05, 0.1) is 12.0 Å². The number of amides is 1. The van der Waals surface area contributed by atoms with Crippen LogP contribution in [0.3, 0.4) is 0 Å². The Morgan fingerprint density at radius 2 is 1.72 bits per heavy atom. The number of carbonyl (C=O) groups excluding carboxylic acids is 1. The zero-order valence-corrected chi connectivity index (χ0v) is 10.8. The summed E-state index contributed by atoms with van der Waals surface area (Å²) in [5.41, 5.74) is -0.118. The van der Waals surface area contributed by atoms with Crippen molar-refractivity contribution in [2.24, 2.45) is 0 Å². The Morgan fingerprint density at radius 3 is 2.17 bits per heavy atom. The molecular weight excluding hydrogens is 230 g/mol. The van der Waals surface area contributed by atoms with E-state index >= 15 is 0 Å². The van der Waals surface area contributed by atoms with Gasteiger partial charge in [0.1, 0.15) is 0 Å². The molecule has 0 radical (unpaired) electrons. The fraction of sp³-hybridized carbons (Fsp3) is 0.429. The summed E-state index contributed by atoms with van der Waals surface area (Å²) in [4.78, 5) is 23.0. The van der Waals surface area contributed by atoms with E-state index in [9.17, 15) is 9.59 Å². The van der Waals surface area contributed by atoms with Gasteiger partial charge in [0.25, 0.3) is 5.91 Å². The molecule has 1 amide bonds. The lowest BCUT2D eigenvalue weighted by molar-refractivity contribution is -0.138. The largest absolute Gasteiger partial charge is 0.481 e. The number of benzene rings is 1. The minimum Gasteiger partial charge on any atom is -0.481 e. The lowest BCUT2D eigenvalue weighted by atomic mass is 9.88. The van der Waals surface area contributed by atoms with Gasteiger partial charge in [-0.3, -0.25) is 9.59 Å². The summed E-state index contributed by atoms with van der Waals surface area (Å²) in [6.45, 7) is 3.77. The van der Waals surface area contributed by atoms with Gasteiger partial charge >= 0.3 is 5.97 Å². The van der Waals surface area contributed by atoms with E-state index in [1.807, 2.05) is 19.9 Å². The van der Waals surface area contributed by atoms with Crippen LogP contribution in [0.25, 0.3) is 0 Å². The first-order valence-corrected chi connectivity index (χ1v) is 6.12. The maximum atomic E-state index is 12.1. The van der Waals surface area contributed by atoms with Crippen LogP contribution in [-0.2, 0) is 4.79 Å². The van der Waals surface area contributed by atoms with Crippen molar-refractivity contribution >= 4 is 11.9 Å². The molecule has 1 rings (SSSR count). The van der Waals surface area contributed by atoms with E-state index in [-0.39, 0.29) is 12.3 Å². The SMILES string of the molecule is CCC(CC)(CC(=O)O)NC(=O)c1ccccc1. The van der Waals surface area contributed by atoms with Crippen molar-refractivity contribution in [1.29, 1.82) is 0 Å². The lowest BCUT2D eigenvalue weighted by Crippen LogP contribution is -2.49.